The van der Waals surface area contributed by atoms with Gasteiger partial charge in [-0.15, -0.1) is 11.3 Å². The van der Waals surface area contributed by atoms with Gasteiger partial charge in [0.05, 0.1) is 6.54 Å². The highest BCUT2D eigenvalue weighted by Crippen LogP contribution is 2.21. The largest absolute Gasteiger partial charge is 0.384 e. The lowest BCUT2D eigenvalue weighted by Crippen LogP contribution is -2.39. The van der Waals surface area contributed by atoms with E-state index in [2.05, 4.69) is 17.6 Å². The highest BCUT2D eigenvalue weighted by atomic mass is 32.1. The van der Waals surface area contributed by atoms with Gasteiger partial charge in [0, 0.05) is 4.88 Å². The summed E-state index contributed by atoms with van der Waals surface area (Å²) < 4.78 is 4.06. The molecule has 20 heavy (non-hydrogen) atoms. The zero-order valence-corrected chi connectivity index (χ0v) is 12.2. The van der Waals surface area contributed by atoms with Gasteiger partial charge in [0.15, 0.2) is 0 Å². The zero-order chi connectivity index (χ0) is 14.1. The average molecular weight is 288 g/mol. The molecule has 0 aliphatic carbocycles. The number of nitrogens with two attached hydrogens (primary N) is 1. The summed E-state index contributed by atoms with van der Waals surface area (Å²) in [6.45, 7) is 3.36. The maximum atomic E-state index is 10.4. The Hall–Kier alpha value is -1.85. The van der Waals surface area contributed by atoms with Gasteiger partial charge in [0.1, 0.15) is 23.7 Å². The van der Waals surface area contributed by atoms with Gasteiger partial charge in [-0.1, -0.05) is 18.2 Å². The number of aryl methyl sites for hydroxylation is 1. The van der Waals surface area contributed by atoms with Crippen LogP contribution in [0, 0.1) is 0 Å². The molecule has 0 saturated carbocycles. The monoisotopic (exact) mass is 288 g/mol. The van der Waals surface area contributed by atoms with E-state index >= 15 is 0 Å². The Morgan fingerprint density at radius 1 is 1.30 bits per heavy atom. The van der Waals surface area contributed by atoms with Crippen molar-refractivity contribution < 1.29 is 9.67 Å². The predicted molar refractivity (Wildman–Crippen MR) is 81.5 cm³/mol. The van der Waals surface area contributed by atoms with E-state index in [1.54, 1.807) is 11.3 Å². The number of hydrogen-bond acceptors (Lipinski definition) is 3. The van der Waals surface area contributed by atoms with Gasteiger partial charge in [-0.25, -0.2) is 9.13 Å². The molecule has 0 bridgehead atoms. The van der Waals surface area contributed by atoms with Crippen LogP contribution in [0.5, 0.6) is 0 Å². The Bertz CT molecular complexity index is 718. The first-order chi connectivity index (χ1) is 9.72. The Kier molecular flexibility index (Phi) is 3.46. The van der Waals surface area contributed by atoms with E-state index in [9.17, 15) is 5.11 Å². The maximum Gasteiger partial charge on any atom is 0.356 e. The van der Waals surface area contributed by atoms with Crippen LogP contribution in [-0.2, 0) is 13.1 Å². The third-order valence-electron chi connectivity index (χ3n) is 3.56. The number of nitrogen functional groups attached to an aromatic ring is 1. The Labute approximate surface area is 121 Å². The summed E-state index contributed by atoms with van der Waals surface area (Å²) in [5.41, 5.74) is 8.41. The highest BCUT2D eigenvalue weighted by Gasteiger charge is 2.22. The normalized spacial score (nSPS) is 12.9. The van der Waals surface area contributed by atoms with Crippen LogP contribution in [0.2, 0.25) is 0 Å². The smallest absolute Gasteiger partial charge is 0.356 e. The number of anilines is 1. The molecule has 104 valence electrons. The van der Waals surface area contributed by atoms with Crippen molar-refractivity contribution in [2.75, 3.05) is 5.73 Å². The van der Waals surface area contributed by atoms with E-state index in [-0.39, 0.29) is 0 Å². The Balaban J connectivity index is 2.05. The molecule has 0 unspecified atom stereocenters. The first kappa shape index (κ1) is 13.1. The van der Waals surface area contributed by atoms with E-state index < -0.39 is 6.10 Å². The first-order valence-electron chi connectivity index (χ1n) is 6.70. The number of aliphatic hydroxyl groups is 1. The molecule has 0 fully saturated rings. The molecule has 3 N–H and O–H groups in total. The van der Waals surface area contributed by atoms with Crippen LogP contribution in [0.4, 0.5) is 5.95 Å². The summed E-state index contributed by atoms with van der Waals surface area (Å²) >= 11 is 1.56. The molecule has 0 saturated heterocycles. The molecule has 1 aromatic carbocycles. The van der Waals surface area contributed by atoms with Crippen molar-refractivity contribution in [1.82, 2.24) is 4.57 Å². The van der Waals surface area contributed by atoms with E-state index in [1.807, 2.05) is 40.3 Å². The van der Waals surface area contributed by atoms with Crippen LogP contribution < -0.4 is 10.3 Å². The second kappa shape index (κ2) is 5.26. The second-order valence-corrected chi connectivity index (χ2v) is 5.71. The van der Waals surface area contributed by atoms with Crippen LogP contribution in [-0.4, -0.2) is 9.67 Å². The fourth-order valence-corrected chi connectivity index (χ4v) is 3.28. The Morgan fingerprint density at radius 2 is 2.10 bits per heavy atom. The van der Waals surface area contributed by atoms with E-state index in [4.69, 9.17) is 5.73 Å². The lowest BCUT2D eigenvalue weighted by Gasteiger charge is -2.08. The number of imidazole rings is 1. The van der Waals surface area contributed by atoms with Crippen LogP contribution in [0.1, 0.15) is 17.9 Å². The number of nitrogens with zero attached hydrogens (tertiary/aromatic N) is 2. The van der Waals surface area contributed by atoms with E-state index in [1.165, 1.54) is 0 Å². The summed E-state index contributed by atoms with van der Waals surface area (Å²) in [7, 11) is 0. The summed E-state index contributed by atoms with van der Waals surface area (Å²) in [4.78, 5) is 0.963. The van der Waals surface area contributed by atoms with Crippen molar-refractivity contribution in [1.29, 1.82) is 0 Å². The lowest BCUT2D eigenvalue weighted by atomic mass is 10.2. The van der Waals surface area contributed by atoms with Gasteiger partial charge >= 0.3 is 5.95 Å². The van der Waals surface area contributed by atoms with Crippen LogP contribution >= 0.6 is 11.3 Å². The number of aromatic nitrogens is 2. The number of para-hydroxylation sites is 2. The maximum absolute atomic E-state index is 10.4. The third kappa shape index (κ3) is 2.09. The minimum atomic E-state index is -0.529. The molecule has 0 amide bonds. The summed E-state index contributed by atoms with van der Waals surface area (Å²) in [6.07, 6.45) is -0.529. The van der Waals surface area contributed by atoms with E-state index in [0.717, 1.165) is 22.5 Å². The average Bonchev–Trinajstić information content (AvgIpc) is 3.07. The zero-order valence-electron chi connectivity index (χ0n) is 11.4. The molecule has 2 heterocycles. The van der Waals surface area contributed by atoms with Gasteiger partial charge in [-0.3, -0.25) is 5.73 Å². The topological polar surface area (TPSA) is 55.1 Å². The highest BCUT2D eigenvalue weighted by molar-refractivity contribution is 7.10. The van der Waals surface area contributed by atoms with Crippen molar-refractivity contribution in [3.8, 4) is 0 Å². The number of aliphatic hydroxyl groups excluding tert-OH is 1. The molecule has 0 radical (unpaired) electrons. The Morgan fingerprint density at radius 3 is 2.80 bits per heavy atom. The van der Waals surface area contributed by atoms with Gasteiger partial charge in [0.2, 0.25) is 0 Å². The summed E-state index contributed by atoms with van der Waals surface area (Å²) in [5.74, 6) is 0.685. The van der Waals surface area contributed by atoms with Crippen LogP contribution in [0.15, 0.2) is 41.8 Å². The second-order valence-electron chi connectivity index (χ2n) is 4.73. The molecule has 1 atom stereocenters. The number of thiophene rings is 1. The third-order valence-corrected chi connectivity index (χ3v) is 4.53. The standard InChI is InChI=1S/C15H17N3OS/c1-2-17-11-6-3-4-7-12(11)18(15(17)16)10-13(19)14-8-5-9-20-14/h3-9,13,16,19H,2,10H2,1H3/p+1/t13-/m0/s1. The van der Waals surface area contributed by atoms with Crippen molar-refractivity contribution >= 4 is 28.3 Å². The molecule has 0 aliphatic rings. The molecule has 3 rings (SSSR count). The minimum Gasteiger partial charge on any atom is -0.384 e. The van der Waals surface area contributed by atoms with E-state index in [0.29, 0.717) is 12.5 Å². The van der Waals surface area contributed by atoms with Crippen molar-refractivity contribution in [2.45, 2.75) is 26.1 Å². The van der Waals surface area contributed by atoms with Crippen molar-refractivity contribution in [2.24, 2.45) is 0 Å². The fraction of sp³-hybridized carbons (Fsp3) is 0.267. The molecule has 0 spiro atoms. The molecular weight excluding hydrogens is 270 g/mol. The number of benzene rings is 1. The SMILES string of the molecule is CCn1c(N)[n+](C[C@H](O)c2cccs2)c2ccccc21. The fourth-order valence-electron chi connectivity index (χ4n) is 2.58. The van der Waals surface area contributed by atoms with Crippen molar-refractivity contribution in [3.05, 3.63) is 46.7 Å². The molecule has 2 aromatic heterocycles. The predicted octanol–water partition coefficient (Wildman–Crippen LogP) is 2.33. The van der Waals surface area contributed by atoms with Gasteiger partial charge < -0.3 is 5.11 Å². The molecule has 0 aliphatic heterocycles. The van der Waals surface area contributed by atoms with Crippen LogP contribution in [0.3, 0.4) is 0 Å². The summed E-state index contributed by atoms with van der Waals surface area (Å²) in [5, 5.41) is 12.3. The first-order valence-corrected chi connectivity index (χ1v) is 7.58. The molecule has 4 nitrogen and oxygen atoms in total. The quantitative estimate of drug-likeness (QED) is 0.724. The lowest BCUT2D eigenvalue weighted by molar-refractivity contribution is -0.666. The minimum absolute atomic E-state index is 0.472. The number of rotatable bonds is 4. The molecule has 3 aromatic rings. The summed E-state index contributed by atoms with van der Waals surface area (Å²) in [6, 6.07) is 12.0. The van der Waals surface area contributed by atoms with Gasteiger partial charge in [0.25, 0.3) is 0 Å². The molecular formula is C15H18N3OS+. The number of fused-ring (bicyclic) bond motifs is 1. The van der Waals surface area contributed by atoms with Crippen molar-refractivity contribution in [3.63, 3.8) is 0 Å². The number of hydrogen-bond donors (Lipinski definition) is 2. The van der Waals surface area contributed by atoms with Gasteiger partial charge in [-0.05, 0) is 30.5 Å². The van der Waals surface area contributed by atoms with Crippen LogP contribution in [0.25, 0.3) is 11.0 Å². The molecule has 5 heteroatoms. The van der Waals surface area contributed by atoms with Gasteiger partial charge in [-0.2, -0.15) is 0 Å².